The number of nitrogens with zero attached hydrogens (tertiary/aromatic N) is 2. The number of rotatable bonds is 3. The molecule has 4 nitrogen and oxygen atoms in total. The summed E-state index contributed by atoms with van der Waals surface area (Å²) in [6.07, 6.45) is -1.17. The van der Waals surface area contributed by atoms with Crippen LogP contribution in [0.15, 0.2) is 30.3 Å². The van der Waals surface area contributed by atoms with Crippen molar-refractivity contribution in [3.63, 3.8) is 0 Å². The lowest BCUT2D eigenvalue weighted by Crippen LogP contribution is -2.05. The van der Waals surface area contributed by atoms with Crippen molar-refractivity contribution < 1.29 is 18.6 Å². The van der Waals surface area contributed by atoms with Gasteiger partial charge < -0.3 is 9.84 Å². The van der Waals surface area contributed by atoms with Crippen LogP contribution in [0.2, 0.25) is 0 Å². The molecule has 0 bridgehead atoms. The molecule has 18 heavy (non-hydrogen) atoms. The van der Waals surface area contributed by atoms with Gasteiger partial charge in [0.2, 0.25) is 5.88 Å². The Kier molecular flexibility index (Phi) is 3.47. The van der Waals surface area contributed by atoms with E-state index in [1.165, 1.54) is 25.3 Å². The number of hydrogen-bond donors (Lipinski definition) is 1. The van der Waals surface area contributed by atoms with Crippen LogP contribution in [0.5, 0.6) is 5.88 Å². The molecule has 0 radical (unpaired) electrons. The van der Waals surface area contributed by atoms with Gasteiger partial charge in [0.1, 0.15) is 6.10 Å². The Hall–Kier alpha value is -2.08. The largest absolute Gasteiger partial charge is 0.480 e. The summed E-state index contributed by atoms with van der Waals surface area (Å²) in [7, 11) is 1.44. The van der Waals surface area contributed by atoms with Gasteiger partial charge in [-0.15, -0.1) is 10.2 Å². The van der Waals surface area contributed by atoms with Gasteiger partial charge in [0.05, 0.1) is 12.8 Å². The van der Waals surface area contributed by atoms with Crippen molar-refractivity contribution in [2.45, 2.75) is 6.10 Å². The van der Waals surface area contributed by atoms with Crippen molar-refractivity contribution in [1.82, 2.24) is 10.2 Å². The average Bonchev–Trinajstić information content (AvgIpc) is 2.41. The molecule has 94 valence electrons. The van der Waals surface area contributed by atoms with E-state index in [0.29, 0.717) is 5.88 Å². The third-order valence-electron chi connectivity index (χ3n) is 2.41. The molecule has 1 atom stereocenters. The highest BCUT2D eigenvalue weighted by molar-refractivity contribution is 5.27. The zero-order valence-corrected chi connectivity index (χ0v) is 9.47. The van der Waals surface area contributed by atoms with E-state index in [-0.39, 0.29) is 11.3 Å². The lowest BCUT2D eigenvalue weighted by atomic mass is 10.1. The second-order valence-electron chi connectivity index (χ2n) is 3.58. The van der Waals surface area contributed by atoms with E-state index in [2.05, 4.69) is 10.2 Å². The summed E-state index contributed by atoms with van der Waals surface area (Å²) >= 11 is 0. The monoisotopic (exact) mass is 252 g/mol. The lowest BCUT2D eigenvalue weighted by molar-refractivity contribution is 0.212. The van der Waals surface area contributed by atoms with Gasteiger partial charge in [0.25, 0.3) is 0 Å². The number of aliphatic hydroxyl groups is 1. The molecule has 0 fully saturated rings. The summed E-state index contributed by atoms with van der Waals surface area (Å²) in [5.74, 6) is -1.68. The SMILES string of the molecule is COc1ccc(C(O)c2ccc(F)c(F)c2)nn1. The zero-order valence-electron chi connectivity index (χ0n) is 9.47. The van der Waals surface area contributed by atoms with Gasteiger partial charge in [0, 0.05) is 6.07 Å². The van der Waals surface area contributed by atoms with Gasteiger partial charge in [-0.1, -0.05) is 6.07 Å². The molecule has 1 N–H and O–H groups in total. The fourth-order valence-electron chi connectivity index (χ4n) is 1.44. The minimum Gasteiger partial charge on any atom is -0.480 e. The number of aliphatic hydroxyl groups excluding tert-OH is 1. The Morgan fingerprint density at radius 3 is 2.44 bits per heavy atom. The first kappa shape index (κ1) is 12.4. The number of methoxy groups -OCH3 is 1. The summed E-state index contributed by atoms with van der Waals surface area (Å²) in [5.41, 5.74) is 0.426. The molecule has 0 aliphatic carbocycles. The molecular formula is C12H10F2N2O2. The van der Waals surface area contributed by atoms with Crippen LogP contribution in [0, 0.1) is 11.6 Å². The zero-order chi connectivity index (χ0) is 13.1. The number of halogens is 2. The summed E-state index contributed by atoms with van der Waals surface area (Å²) < 4.78 is 30.6. The molecule has 0 aliphatic rings. The second-order valence-corrected chi connectivity index (χ2v) is 3.58. The molecule has 0 aliphatic heterocycles. The topological polar surface area (TPSA) is 55.2 Å². The van der Waals surface area contributed by atoms with E-state index in [9.17, 15) is 13.9 Å². The minimum atomic E-state index is -1.17. The van der Waals surface area contributed by atoms with Crippen molar-refractivity contribution in [2.24, 2.45) is 0 Å². The molecule has 0 amide bonds. The van der Waals surface area contributed by atoms with E-state index in [0.717, 1.165) is 12.1 Å². The Morgan fingerprint density at radius 1 is 1.11 bits per heavy atom. The summed E-state index contributed by atoms with van der Waals surface area (Å²) in [6.45, 7) is 0. The van der Waals surface area contributed by atoms with Crippen LogP contribution in [-0.4, -0.2) is 22.4 Å². The van der Waals surface area contributed by atoms with Gasteiger partial charge >= 0.3 is 0 Å². The summed E-state index contributed by atoms with van der Waals surface area (Å²) in [5, 5.41) is 17.4. The second kappa shape index (κ2) is 5.05. The fourth-order valence-corrected chi connectivity index (χ4v) is 1.44. The van der Waals surface area contributed by atoms with Gasteiger partial charge in [-0.3, -0.25) is 0 Å². The molecule has 0 saturated heterocycles. The molecule has 1 heterocycles. The lowest BCUT2D eigenvalue weighted by Gasteiger charge is -2.10. The van der Waals surface area contributed by atoms with E-state index < -0.39 is 17.7 Å². The summed E-state index contributed by atoms with van der Waals surface area (Å²) in [4.78, 5) is 0. The molecule has 6 heteroatoms. The van der Waals surface area contributed by atoms with E-state index in [4.69, 9.17) is 4.74 Å². The first-order valence-corrected chi connectivity index (χ1v) is 5.12. The van der Waals surface area contributed by atoms with E-state index in [1.807, 2.05) is 0 Å². The number of hydrogen-bond acceptors (Lipinski definition) is 4. The third kappa shape index (κ3) is 2.43. The molecule has 1 aromatic heterocycles. The minimum absolute atomic E-state index is 0.202. The molecule has 1 aromatic carbocycles. The van der Waals surface area contributed by atoms with Crippen LogP contribution in [0.3, 0.4) is 0 Å². The van der Waals surface area contributed by atoms with E-state index >= 15 is 0 Å². The van der Waals surface area contributed by atoms with Crippen LogP contribution in [0.25, 0.3) is 0 Å². The van der Waals surface area contributed by atoms with Gasteiger partial charge in [-0.05, 0) is 23.8 Å². The Labute approximate surface area is 102 Å². The molecule has 1 unspecified atom stereocenters. The van der Waals surface area contributed by atoms with Gasteiger partial charge in [0.15, 0.2) is 11.6 Å². The maximum atomic E-state index is 13.0. The number of aromatic nitrogens is 2. The Bertz CT molecular complexity index is 546. The normalized spacial score (nSPS) is 12.2. The maximum absolute atomic E-state index is 13.0. The predicted octanol–water partition coefficient (Wildman–Crippen LogP) is 1.85. The molecule has 0 saturated carbocycles. The smallest absolute Gasteiger partial charge is 0.233 e. The Balaban J connectivity index is 2.28. The predicted molar refractivity (Wildman–Crippen MR) is 59.0 cm³/mol. The third-order valence-corrected chi connectivity index (χ3v) is 2.41. The molecule has 2 rings (SSSR count). The molecular weight excluding hydrogens is 242 g/mol. The highest BCUT2D eigenvalue weighted by atomic mass is 19.2. The fraction of sp³-hybridized carbons (Fsp3) is 0.167. The van der Waals surface area contributed by atoms with Crippen molar-refractivity contribution in [3.05, 3.63) is 53.2 Å². The first-order valence-electron chi connectivity index (χ1n) is 5.12. The maximum Gasteiger partial charge on any atom is 0.233 e. The highest BCUT2D eigenvalue weighted by Crippen LogP contribution is 2.22. The van der Waals surface area contributed by atoms with Crippen molar-refractivity contribution in [2.75, 3.05) is 7.11 Å². The van der Waals surface area contributed by atoms with Crippen LogP contribution in [0.4, 0.5) is 8.78 Å². The van der Waals surface area contributed by atoms with Crippen molar-refractivity contribution in [3.8, 4) is 5.88 Å². The highest BCUT2D eigenvalue weighted by Gasteiger charge is 2.15. The standard InChI is InChI=1S/C12H10F2N2O2/c1-18-11-5-4-10(15-16-11)12(17)7-2-3-8(13)9(14)6-7/h2-6,12,17H,1H3. The van der Waals surface area contributed by atoms with Crippen LogP contribution < -0.4 is 4.74 Å². The summed E-state index contributed by atoms with van der Waals surface area (Å²) in [6, 6.07) is 6.18. The quantitative estimate of drug-likeness (QED) is 0.905. The van der Waals surface area contributed by atoms with Crippen molar-refractivity contribution in [1.29, 1.82) is 0 Å². The average molecular weight is 252 g/mol. The molecule has 2 aromatic rings. The van der Waals surface area contributed by atoms with Crippen LogP contribution >= 0.6 is 0 Å². The number of ether oxygens (including phenoxy) is 1. The Morgan fingerprint density at radius 2 is 1.89 bits per heavy atom. The van der Waals surface area contributed by atoms with Gasteiger partial charge in [-0.25, -0.2) is 8.78 Å². The van der Waals surface area contributed by atoms with Crippen LogP contribution in [-0.2, 0) is 0 Å². The number of benzene rings is 1. The van der Waals surface area contributed by atoms with Crippen LogP contribution in [0.1, 0.15) is 17.4 Å². The van der Waals surface area contributed by atoms with E-state index in [1.54, 1.807) is 0 Å². The molecule has 0 spiro atoms. The van der Waals surface area contributed by atoms with Gasteiger partial charge in [-0.2, -0.15) is 0 Å². The van der Waals surface area contributed by atoms with Crippen molar-refractivity contribution >= 4 is 0 Å². The first-order chi connectivity index (χ1) is 8.61.